The zero-order valence-corrected chi connectivity index (χ0v) is 17.7. The molecule has 0 saturated heterocycles. The predicted octanol–water partition coefficient (Wildman–Crippen LogP) is 5.12. The number of carbonyl (C=O) groups is 2. The maximum Gasteiger partial charge on any atom is 0.255 e. The van der Waals surface area contributed by atoms with Crippen molar-refractivity contribution in [3.05, 3.63) is 65.7 Å². The van der Waals surface area contributed by atoms with Gasteiger partial charge in [-0.2, -0.15) is 0 Å². The Balaban J connectivity index is 1.44. The molecule has 0 bridgehead atoms. The lowest BCUT2D eigenvalue weighted by Gasteiger charge is -2.07. The Morgan fingerprint density at radius 3 is 2.69 bits per heavy atom. The molecule has 0 aliphatic carbocycles. The van der Waals surface area contributed by atoms with Crippen LogP contribution in [0.1, 0.15) is 17.3 Å². The quantitative estimate of drug-likeness (QED) is 0.406. The Kier molecular flexibility index (Phi) is 5.89. The topological polar surface area (TPSA) is 84.0 Å². The Hall–Kier alpha value is -2.75. The van der Waals surface area contributed by atoms with E-state index in [0.717, 1.165) is 14.6 Å². The van der Waals surface area contributed by atoms with Crippen molar-refractivity contribution in [1.29, 1.82) is 0 Å². The fourth-order valence-corrected chi connectivity index (χ4v) is 5.30. The molecule has 146 valence electrons. The number of thioether (sulfide) groups is 1. The summed E-state index contributed by atoms with van der Waals surface area (Å²) < 4.78 is 1.75. The van der Waals surface area contributed by atoms with E-state index in [4.69, 9.17) is 0 Å². The van der Waals surface area contributed by atoms with Gasteiger partial charge < -0.3 is 10.6 Å². The van der Waals surface area contributed by atoms with E-state index in [0.29, 0.717) is 16.4 Å². The average molecular weight is 441 g/mol. The molecule has 0 fully saturated rings. The van der Waals surface area contributed by atoms with Crippen LogP contribution in [0.5, 0.6) is 0 Å². The van der Waals surface area contributed by atoms with Gasteiger partial charge in [-0.3, -0.25) is 9.59 Å². The van der Waals surface area contributed by atoms with Crippen LogP contribution in [-0.2, 0) is 4.79 Å². The zero-order chi connectivity index (χ0) is 20.2. The van der Waals surface area contributed by atoms with Crippen LogP contribution in [0.25, 0.3) is 10.2 Å². The first-order chi connectivity index (χ1) is 14.1. The van der Waals surface area contributed by atoms with Crippen molar-refractivity contribution >= 4 is 67.3 Å². The number of carbonyl (C=O) groups excluding carboxylic acids is 2. The van der Waals surface area contributed by atoms with Gasteiger partial charge in [0, 0.05) is 22.8 Å². The summed E-state index contributed by atoms with van der Waals surface area (Å²) in [6.45, 7) is 1.84. The molecule has 9 heteroatoms. The molecule has 0 saturated carbocycles. The molecule has 0 spiro atoms. The predicted molar refractivity (Wildman–Crippen MR) is 120 cm³/mol. The third kappa shape index (κ3) is 4.81. The van der Waals surface area contributed by atoms with Crippen LogP contribution in [-0.4, -0.2) is 27.0 Å². The molecule has 1 atom stereocenters. The summed E-state index contributed by atoms with van der Waals surface area (Å²) in [5.74, 6) is -0.267. The van der Waals surface area contributed by atoms with Crippen molar-refractivity contribution in [2.24, 2.45) is 0 Å². The lowest BCUT2D eigenvalue weighted by Crippen LogP contribution is -2.22. The van der Waals surface area contributed by atoms with Gasteiger partial charge in [0.05, 0.1) is 15.5 Å². The van der Waals surface area contributed by atoms with Crippen LogP contribution >= 0.6 is 34.4 Å². The zero-order valence-electron chi connectivity index (χ0n) is 15.3. The second-order valence-corrected chi connectivity index (χ2v) is 9.58. The summed E-state index contributed by atoms with van der Waals surface area (Å²) in [6, 6.07) is 14.7. The van der Waals surface area contributed by atoms with Crippen LogP contribution in [0.15, 0.2) is 64.4 Å². The van der Waals surface area contributed by atoms with Gasteiger partial charge >= 0.3 is 0 Å². The summed E-state index contributed by atoms with van der Waals surface area (Å²) in [5, 5.41) is 7.80. The number of hydrogen-bond donors (Lipinski definition) is 2. The molecule has 29 heavy (non-hydrogen) atoms. The highest BCUT2D eigenvalue weighted by Gasteiger charge is 2.18. The number of aromatic nitrogens is 2. The summed E-state index contributed by atoms with van der Waals surface area (Å²) in [7, 11) is 0. The summed E-state index contributed by atoms with van der Waals surface area (Å²) >= 11 is 4.28. The monoisotopic (exact) mass is 440 g/mol. The number of nitrogens with zero attached hydrogens (tertiary/aromatic N) is 2. The molecule has 0 aliphatic rings. The van der Waals surface area contributed by atoms with Gasteiger partial charge in [0.1, 0.15) is 0 Å². The molecule has 2 amide bonds. The molecule has 6 nitrogen and oxygen atoms in total. The number of nitrogens with one attached hydrogen (secondary N) is 2. The van der Waals surface area contributed by atoms with Crippen molar-refractivity contribution < 1.29 is 9.59 Å². The fraction of sp³-hybridized carbons (Fsp3) is 0.100. The highest BCUT2D eigenvalue weighted by Crippen LogP contribution is 2.33. The normalized spacial score (nSPS) is 11.9. The van der Waals surface area contributed by atoms with Crippen molar-refractivity contribution in [2.45, 2.75) is 16.5 Å². The van der Waals surface area contributed by atoms with Crippen LogP contribution in [0, 0.1) is 0 Å². The minimum Gasteiger partial charge on any atom is -0.322 e. The first kappa shape index (κ1) is 19.6. The standard InChI is InChI=1S/C20H16N4O2S3/c1-12(17(25)24-19-21-9-10-27-19)28-20-23-15-8-7-14(11-16(15)29-20)22-18(26)13-5-3-2-4-6-13/h2-12H,1H3,(H,22,26)(H,21,24,25). The van der Waals surface area contributed by atoms with E-state index in [-0.39, 0.29) is 17.1 Å². The van der Waals surface area contributed by atoms with Gasteiger partial charge in [-0.25, -0.2) is 9.97 Å². The van der Waals surface area contributed by atoms with Gasteiger partial charge in [0.15, 0.2) is 9.47 Å². The van der Waals surface area contributed by atoms with Crippen molar-refractivity contribution in [3.8, 4) is 0 Å². The van der Waals surface area contributed by atoms with Gasteiger partial charge in [-0.1, -0.05) is 30.0 Å². The highest BCUT2D eigenvalue weighted by molar-refractivity contribution is 8.02. The number of benzene rings is 2. The number of fused-ring (bicyclic) bond motifs is 1. The molecular weight excluding hydrogens is 424 g/mol. The van der Waals surface area contributed by atoms with E-state index in [9.17, 15) is 9.59 Å². The van der Waals surface area contributed by atoms with Crippen molar-refractivity contribution in [3.63, 3.8) is 0 Å². The summed E-state index contributed by atoms with van der Waals surface area (Å²) in [5.41, 5.74) is 2.15. The molecule has 2 aromatic heterocycles. The molecule has 2 N–H and O–H groups in total. The molecule has 1 unspecified atom stereocenters. The van der Waals surface area contributed by atoms with E-state index >= 15 is 0 Å². The first-order valence-electron chi connectivity index (χ1n) is 8.72. The Morgan fingerprint density at radius 2 is 1.93 bits per heavy atom. The van der Waals surface area contributed by atoms with E-state index in [1.807, 2.05) is 48.7 Å². The van der Waals surface area contributed by atoms with Gasteiger partial charge in [-0.15, -0.1) is 22.7 Å². The maximum atomic E-state index is 12.3. The van der Waals surface area contributed by atoms with E-state index in [1.165, 1.54) is 34.4 Å². The van der Waals surface area contributed by atoms with E-state index < -0.39 is 0 Å². The molecule has 0 aliphatic heterocycles. The van der Waals surface area contributed by atoms with Crippen molar-refractivity contribution in [2.75, 3.05) is 10.6 Å². The minimum absolute atomic E-state index is 0.111. The second-order valence-electron chi connectivity index (χ2n) is 6.07. The first-order valence-corrected chi connectivity index (χ1v) is 11.3. The van der Waals surface area contributed by atoms with Crippen LogP contribution in [0.4, 0.5) is 10.8 Å². The molecule has 2 heterocycles. The highest BCUT2D eigenvalue weighted by atomic mass is 32.2. The maximum absolute atomic E-state index is 12.3. The SMILES string of the molecule is CC(Sc1nc2ccc(NC(=O)c3ccccc3)cc2s1)C(=O)Nc1nccs1. The third-order valence-corrected chi connectivity index (χ3v) is 6.87. The number of hydrogen-bond acceptors (Lipinski definition) is 7. The van der Waals surface area contributed by atoms with Gasteiger partial charge in [0.2, 0.25) is 5.91 Å². The number of thiazole rings is 2. The second kappa shape index (κ2) is 8.73. The third-order valence-electron chi connectivity index (χ3n) is 3.97. The number of amides is 2. The van der Waals surface area contributed by atoms with Gasteiger partial charge in [0.25, 0.3) is 5.91 Å². The average Bonchev–Trinajstić information content (AvgIpc) is 3.37. The smallest absolute Gasteiger partial charge is 0.255 e. The lowest BCUT2D eigenvalue weighted by atomic mass is 10.2. The van der Waals surface area contributed by atoms with Crippen molar-refractivity contribution in [1.82, 2.24) is 9.97 Å². The number of rotatable bonds is 6. The van der Waals surface area contributed by atoms with E-state index in [2.05, 4.69) is 20.6 Å². The summed E-state index contributed by atoms with van der Waals surface area (Å²) in [6.07, 6.45) is 1.65. The Bertz CT molecular complexity index is 1140. The lowest BCUT2D eigenvalue weighted by molar-refractivity contribution is -0.115. The fourth-order valence-electron chi connectivity index (χ4n) is 2.52. The van der Waals surface area contributed by atoms with Crippen LogP contribution in [0.2, 0.25) is 0 Å². The van der Waals surface area contributed by atoms with Crippen LogP contribution in [0.3, 0.4) is 0 Å². The molecular formula is C20H16N4O2S3. The summed E-state index contributed by atoms with van der Waals surface area (Å²) in [4.78, 5) is 33.3. The Morgan fingerprint density at radius 1 is 1.10 bits per heavy atom. The Labute approximate surface area is 179 Å². The molecule has 4 aromatic rings. The van der Waals surface area contributed by atoms with Crippen LogP contribution < -0.4 is 10.6 Å². The number of anilines is 2. The molecule has 0 radical (unpaired) electrons. The van der Waals surface area contributed by atoms with Gasteiger partial charge in [-0.05, 0) is 37.3 Å². The largest absolute Gasteiger partial charge is 0.322 e. The minimum atomic E-state index is -0.309. The molecule has 4 rings (SSSR count). The van der Waals surface area contributed by atoms with E-state index in [1.54, 1.807) is 18.3 Å². The molecule has 2 aromatic carbocycles.